The molecule has 1 aromatic rings. The molecule has 1 fully saturated rings. The number of urea groups is 1. The molecule has 1 saturated heterocycles. The number of hydrogen-bond acceptors (Lipinski definition) is 3. The molecule has 1 aromatic heterocycles. The van der Waals surface area contributed by atoms with Gasteiger partial charge in [0.05, 0.1) is 0 Å². The molecule has 0 aliphatic carbocycles. The van der Waals surface area contributed by atoms with Gasteiger partial charge in [-0.15, -0.1) is 0 Å². The third kappa shape index (κ3) is 2.93. The zero-order chi connectivity index (χ0) is 11.2. The van der Waals surface area contributed by atoms with Crippen LogP contribution in [0.3, 0.4) is 0 Å². The Hall–Kier alpha value is -1.62. The number of rotatable bonds is 5. The van der Waals surface area contributed by atoms with E-state index in [0.717, 1.165) is 38.3 Å². The SMILES string of the molecule is O=C1NCCN1CCNCc1cccnc1. The van der Waals surface area contributed by atoms with Gasteiger partial charge in [0, 0.05) is 45.1 Å². The topological polar surface area (TPSA) is 57.3 Å². The smallest absolute Gasteiger partial charge is 0.317 e. The van der Waals surface area contributed by atoms with Gasteiger partial charge in [0.15, 0.2) is 0 Å². The van der Waals surface area contributed by atoms with Crippen LogP contribution in [0.1, 0.15) is 5.56 Å². The summed E-state index contributed by atoms with van der Waals surface area (Å²) in [5, 5.41) is 6.06. The van der Waals surface area contributed by atoms with E-state index in [2.05, 4.69) is 15.6 Å². The fourth-order valence-corrected chi connectivity index (χ4v) is 1.67. The maximum Gasteiger partial charge on any atom is 0.317 e. The van der Waals surface area contributed by atoms with Gasteiger partial charge < -0.3 is 15.5 Å². The van der Waals surface area contributed by atoms with E-state index < -0.39 is 0 Å². The lowest BCUT2D eigenvalue weighted by Gasteiger charge is -2.14. The van der Waals surface area contributed by atoms with E-state index >= 15 is 0 Å². The van der Waals surface area contributed by atoms with Crippen molar-refractivity contribution < 1.29 is 4.79 Å². The van der Waals surface area contributed by atoms with Crippen LogP contribution in [0, 0.1) is 0 Å². The lowest BCUT2D eigenvalue weighted by atomic mass is 10.3. The van der Waals surface area contributed by atoms with Crippen LogP contribution in [0.15, 0.2) is 24.5 Å². The maximum atomic E-state index is 11.2. The van der Waals surface area contributed by atoms with Crippen molar-refractivity contribution in [1.82, 2.24) is 20.5 Å². The summed E-state index contributed by atoms with van der Waals surface area (Å²) in [7, 11) is 0. The Morgan fingerprint density at radius 2 is 2.50 bits per heavy atom. The Bertz CT molecular complexity index is 341. The van der Waals surface area contributed by atoms with Crippen molar-refractivity contribution in [2.45, 2.75) is 6.54 Å². The van der Waals surface area contributed by atoms with Gasteiger partial charge in [-0.2, -0.15) is 0 Å². The summed E-state index contributed by atoms with van der Waals surface area (Å²) in [5.41, 5.74) is 1.16. The third-order valence-electron chi connectivity index (χ3n) is 2.56. The maximum absolute atomic E-state index is 11.2. The summed E-state index contributed by atoms with van der Waals surface area (Å²) in [5.74, 6) is 0. The molecular weight excluding hydrogens is 204 g/mol. The molecule has 2 heterocycles. The van der Waals surface area contributed by atoms with Gasteiger partial charge in [-0.3, -0.25) is 4.98 Å². The van der Waals surface area contributed by atoms with Gasteiger partial charge in [-0.25, -0.2) is 4.79 Å². The van der Waals surface area contributed by atoms with Crippen LogP contribution >= 0.6 is 0 Å². The van der Waals surface area contributed by atoms with Crippen molar-refractivity contribution in [3.63, 3.8) is 0 Å². The number of aromatic nitrogens is 1. The van der Waals surface area contributed by atoms with Crippen LogP contribution in [-0.4, -0.2) is 42.1 Å². The molecule has 2 amide bonds. The standard InChI is InChI=1S/C11H16N4O/c16-11-14-5-7-15(11)6-4-13-9-10-2-1-3-12-8-10/h1-3,8,13H,4-7,9H2,(H,14,16). The molecule has 2 rings (SSSR count). The van der Waals surface area contributed by atoms with E-state index in [0.29, 0.717) is 0 Å². The number of hydrogen-bond donors (Lipinski definition) is 2. The largest absolute Gasteiger partial charge is 0.336 e. The van der Waals surface area contributed by atoms with Crippen LogP contribution in [0.2, 0.25) is 0 Å². The number of carbonyl (C=O) groups is 1. The van der Waals surface area contributed by atoms with E-state index in [4.69, 9.17) is 0 Å². The minimum Gasteiger partial charge on any atom is -0.336 e. The molecular formula is C11H16N4O. The van der Waals surface area contributed by atoms with Crippen molar-refractivity contribution in [3.05, 3.63) is 30.1 Å². The first-order chi connectivity index (χ1) is 7.86. The number of pyridine rings is 1. The summed E-state index contributed by atoms with van der Waals surface area (Å²) < 4.78 is 0. The second kappa shape index (κ2) is 5.46. The van der Waals surface area contributed by atoms with E-state index in [1.54, 1.807) is 6.20 Å². The number of nitrogens with one attached hydrogen (secondary N) is 2. The van der Waals surface area contributed by atoms with Gasteiger partial charge in [-0.1, -0.05) is 6.07 Å². The fraction of sp³-hybridized carbons (Fsp3) is 0.455. The van der Waals surface area contributed by atoms with Crippen LogP contribution in [0.5, 0.6) is 0 Å². The molecule has 0 unspecified atom stereocenters. The lowest BCUT2D eigenvalue weighted by Crippen LogP contribution is -2.34. The zero-order valence-corrected chi connectivity index (χ0v) is 9.15. The van der Waals surface area contributed by atoms with Gasteiger partial charge >= 0.3 is 6.03 Å². The molecule has 86 valence electrons. The highest BCUT2D eigenvalue weighted by molar-refractivity contribution is 5.76. The molecule has 5 nitrogen and oxygen atoms in total. The lowest BCUT2D eigenvalue weighted by molar-refractivity contribution is 0.217. The van der Waals surface area contributed by atoms with E-state index in [9.17, 15) is 4.79 Å². The van der Waals surface area contributed by atoms with Crippen LogP contribution in [-0.2, 0) is 6.54 Å². The Labute approximate surface area is 94.9 Å². The molecule has 1 aliphatic heterocycles. The second-order valence-electron chi connectivity index (χ2n) is 3.76. The van der Waals surface area contributed by atoms with E-state index in [-0.39, 0.29) is 6.03 Å². The van der Waals surface area contributed by atoms with Crippen molar-refractivity contribution in [2.75, 3.05) is 26.2 Å². The Morgan fingerprint density at radius 1 is 1.56 bits per heavy atom. The molecule has 5 heteroatoms. The molecule has 0 saturated carbocycles. The molecule has 0 atom stereocenters. The van der Waals surface area contributed by atoms with Crippen molar-refractivity contribution in [1.29, 1.82) is 0 Å². The zero-order valence-electron chi connectivity index (χ0n) is 9.15. The van der Waals surface area contributed by atoms with Crippen LogP contribution < -0.4 is 10.6 Å². The number of carbonyl (C=O) groups excluding carboxylic acids is 1. The van der Waals surface area contributed by atoms with Crippen molar-refractivity contribution in [2.24, 2.45) is 0 Å². The highest BCUT2D eigenvalue weighted by Gasteiger charge is 2.17. The molecule has 0 bridgehead atoms. The van der Waals surface area contributed by atoms with Gasteiger partial charge in [0.25, 0.3) is 0 Å². The van der Waals surface area contributed by atoms with E-state index in [1.165, 1.54) is 0 Å². The van der Waals surface area contributed by atoms with E-state index in [1.807, 2.05) is 23.2 Å². The second-order valence-corrected chi connectivity index (χ2v) is 3.76. The fourth-order valence-electron chi connectivity index (χ4n) is 1.67. The normalized spacial score (nSPS) is 15.2. The molecule has 0 radical (unpaired) electrons. The first-order valence-electron chi connectivity index (χ1n) is 5.48. The molecule has 1 aliphatic rings. The molecule has 2 N–H and O–H groups in total. The number of amides is 2. The Morgan fingerprint density at radius 3 is 3.19 bits per heavy atom. The first kappa shape index (κ1) is 10.9. The van der Waals surface area contributed by atoms with Gasteiger partial charge in [0.1, 0.15) is 0 Å². The van der Waals surface area contributed by atoms with Gasteiger partial charge in [0.2, 0.25) is 0 Å². The average Bonchev–Trinajstić information content (AvgIpc) is 2.72. The minimum atomic E-state index is 0.0446. The summed E-state index contributed by atoms with van der Waals surface area (Å²) >= 11 is 0. The minimum absolute atomic E-state index is 0.0446. The summed E-state index contributed by atoms with van der Waals surface area (Å²) in [6.07, 6.45) is 3.60. The first-order valence-corrected chi connectivity index (χ1v) is 5.48. The summed E-state index contributed by atoms with van der Waals surface area (Å²) in [4.78, 5) is 17.1. The quantitative estimate of drug-likeness (QED) is 0.697. The monoisotopic (exact) mass is 220 g/mol. The molecule has 16 heavy (non-hydrogen) atoms. The van der Waals surface area contributed by atoms with Crippen LogP contribution in [0.25, 0.3) is 0 Å². The average molecular weight is 220 g/mol. The van der Waals surface area contributed by atoms with Crippen LogP contribution in [0.4, 0.5) is 4.79 Å². The van der Waals surface area contributed by atoms with Crippen molar-refractivity contribution >= 4 is 6.03 Å². The highest BCUT2D eigenvalue weighted by atomic mass is 16.2. The molecule has 0 aromatic carbocycles. The molecule has 0 spiro atoms. The van der Waals surface area contributed by atoms with Crippen molar-refractivity contribution in [3.8, 4) is 0 Å². The highest BCUT2D eigenvalue weighted by Crippen LogP contribution is 1.96. The summed E-state index contributed by atoms with van der Waals surface area (Å²) in [6, 6.07) is 4.00. The summed E-state index contributed by atoms with van der Waals surface area (Å²) in [6.45, 7) is 3.94. The number of nitrogens with zero attached hydrogens (tertiary/aromatic N) is 2. The predicted octanol–water partition coefficient (Wildman–Crippen LogP) is 0.196. The Kier molecular flexibility index (Phi) is 3.71. The Balaban J connectivity index is 1.64. The third-order valence-corrected chi connectivity index (χ3v) is 2.56. The predicted molar refractivity (Wildman–Crippen MR) is 60.9 cm³/mol. The van der Waals surface area contributed by atoms with Gasteiger partial charge in [-0.05, 0) is 11.6 Å².